The highest BCUT2D eigenvalue weighted by Crippen LogP contribution is 2.21. The van der Waals surface area contributed by atoms with Gasteiger partial charge in [0, 0.05) is 17.3 Å². The molecule has 0 bridgehead atoms. The summed E-state index contributed by atoms with van der Waals surface area (Å²) in [5.41, 5.74) is 0.277. The van der Waals surface area contributed by atoms with Gasteiger partial charge in [0.15, 0.2) is 0 Å². The van der Waals surface area contributed by atoms with Gasteiger partial charge in [-0.05, 0) is 42.5 Å². The van der Waals surface area contributed by atoms with Gasteiger partial charge in [-0.25, -0.2) is 17.2 Å². The molecule has 0 radical (unpaired) electrons. The van der Waals surface area contributed by atoms with Crippen LogP contribution in [0.25, 0.3) is 0 Å². The van der Waals surface area contributed by atoms with Gasteiger partial charge in [0.25, 0.3) is 15.9 Å². The number of sulfonamides is 1. The highest BCUT2D eigenvalue weighted by atomic mass is 32.2. The number of amides is 1. The number of hydrogen-bond donors (Lipinski definition) is 2. The third kappa shape index (κ3) is 4.48. The second kappa shape index (κ2) is 7.55. The first kappa shape index (κ1) is 18.5. The van der Waals surface area contributed by atoms with Gasteiger partial charge in [-0.2, -0.15) is 0 Å². The molecule has 0 spiro atoms. The lowest BCUT2D eigenvalue weighted by atomic mass is 10.2. The van der Waals surface area contributed by atoms with Gasteiger partial charge in [-0.1, -0.05) is 24.3 Å². The number of hydrogen-bond acceptors (Lipinski definition) is 3. The van der Waals surface area contributed by atoms with E-state index in [0.29, 0.717) is 11.8 Å². The molecule has 0 saturated carbocycles. The van der Waals surface area contributed by atoms with Crippen molar-refractivity contribution in [2.75, 3.05) is 10.0 Å². The summed E-state index contributed by atoms with van der Waals surface area (Å²) in [6.07, 6.45) is 0. The first-order valence-electron chi connectivity index (χ1n) is 7.79. The second-order valence-electron chi connectivity index (χ2n) is 5.58. The van der Waals surface area contributed by atoms with E-state index in [1.54, 1.807) is 30.3 Å². The number of para-hydroxylation sites is 1. The fraction of sp³-hybridized carbons (Fsp3) is 0. The molecule has 5 nitrogen and oxygen atoms in total. The fourth-order valence-corrected chi connectivity index (χ4v) is 3.42. The van der Waals surface area contributed by atoms with Crippen LogP contribution in [0.4, 0.5) is 20.2 Å². The molecule has 3 aromatic rings. The Labute approximate surface area is 154 Å². The normalized spacial score (nSPS) is 11.0. The first-order valence-corrected chi connectivity index (χ1v) is 9.28. The Hall–Kier alpha value is -3.26. The van der Waals surface area contributed by atoms with E-state index in [1.807, 2.05) is 4.72 Å². The van der Waals surface area contributed by atoms with Crippen molar-refractivity contribution in [2.24, 2.45) is 0 Å². The van der Waals surface area contributed by atoms with E-state index in [9.17, 15) is 22.0 Å². The molecule has 0 heterocycles. The third-order valence-electron chi connectivity index (χ3n) is 3.61. The number of halogens is 2. The van der Waals surface area contributed by atoms with Crippen LogP contribution in [-0.2, 0) is 10.0 Å². The minimum Gasteiger partial charge on any atom is -0.322 e. The Morgan fingerprint density at radius 1 is 0.852 bits per heavy atom. The maximum Gasteiger partial charge on any atom is 0.262 e. The predicted octanol–water partition coefficient (Wildman–Crippen LogP) is 4.02. The molecule has 27 heavy (non-hydrogen) atoms. The number of nitrogens with one attached hydrogen (secondary N) is 2. The van der Waals surface area contributed by atoms with Crippen LogP contribution < -0.4 is 10.0 Å². The van der Waals surface area contributed by atoms with Crippen LogP contribution in [-0.4, -0.2) is 14.3 Å². The minimum atomic E-state index is -4.17. The summed E-state index contributed by atoms with van der Waals surface area (Å²) >= 11 is 0. The van der Waals surface area contributed by atoms with E-state index in [-0.39, 0.29) is 10.5 Å². The number of anilines is 2. The molecule has 0 unspecified atom stereocenters. The lowest BCUT2D eigenvalue weighted by Crippen LogP contribution is -2.16. The van der Waals surface area contributed by atoms with Crippen molar-refractivity contribution < 1.29 is 22.0 Å². The van der Waals surface area contributed by atoms with Gasteiger partial charge in [0.05, 0.1) is 10.6 Å². The van der Waals surface area contributed by atoms with Crippen LogP contribution in [0.15, 0.2) is 77.7 Å². The molecule has 0 fully saturated rings. The van der Waals surface area contributed by atoms with Gasteiger partial charge in [-0.3, -0.25) is 9.52 Å². The summed E-state index contributed by atoms with van der Waals surface area (Å²) in [7, 11) is -4.17. The Bertz CT molecular complexity index is 1090. The lowest BCUT2D eigenvalue weighted by molar-refractivity contribution is 0.102. The molecular formula is C19H14F2N2O3S. The van der Waals surface area contributed by atoms with Crippen LogP contribution in [0.5, 0.6) is 0 Å². The van der Waals surface area contributed by atoms with Crippen LogP contribution in [0, 0.1) is 11.6 Å². The molecule has 8 heteroatoms. The summed E-state index contributed by atoms with van der Waals surface area (Å²) in [6, 6.07) is 16.4. The van der Waals surface area contributed by atoms with Crippen molar-refractivity contribution in [3.63, 3.8) is 0 Å². The van der Waals surface area contributed by atoms with Crippen molar-refractivity contribution in [1.29, 1.82) is 0 Å². The zero-order chi connectivity index (χ0) is 19.4. The van der Waals surface area contributed by atoms with Gasteiger partial charge >= 0.3 is 0 Å². The Balaban J connectivity index is 1.84. The molecule has 0 saturated heterocycles. The molecule has 1 amide bonds. The standard InChI is InChI=1S/C19H14F2N2O3S/c20-14-9-10-18(17(21)12-14)23-27(25,26)16-8-4-5-13(11-16)19(24)22-15-6-2-1-3-7-15/h1-12,23H,(H,22,24). The van der Waals surface area contributed by atoms with Crippen LogP contribution in [0.2, 0.25) is 0 Å². The van der Waals surface area contributed by atoms with Crippen molar-refractivity contribution in [2.45, 2.75) is 4.90 Å². The highest BCUT2D eigenvalue weighted by molar-refractivity contribution is 7.92. The Morgan fingerprint density at radius 3 is 2.30 bits per heavy atom. The van der Waals surface area contributed by atoms with E-state index in [0.717, 1.165) is 12.1 Å². The van der Waals surface area contributed by atoms with Gasteiger partial charge < -0.3 is 5.32 Å². The molecule has 138 valence electrons. The van der Waals surface area contributed by atoms with E-state index in [1.165, 1.54) is 24.3 Å². The van der Waals surface area contributed by atoms with Crippen molar-refractivity contribution in [1.82, 2.24) is 0 Å². The molecule has 0 aromatic heterocycles. The van der Waals surface area contributed by atoms with Gasteiger partial charge in [0.2, 0.25) is 0 Å². The number of rotatable bonds is 5. The molecule has 3 aromatic carbocycles. The minimum absolute atomic E-state index is 0.112. The summed E-state index contributed by atoms with van der Waals surface area (Å²) in [4.78, 5) is 12.1. The molecular weight excluding hydrogens is 374 g/mol. The molecule has 0 aliphatic rings. The van der Waals surface area contributed by atoms with Crippen molar-refractivity contribution >= 4 is 27.3 Å². The summed E-state index contributed by atoms with van der Waals surface area (Å²) < 4.78 is 53.7. The molecule has 0 aliphatic carbocycles. The monoisotopic (exact) mass is 388 g/mol. The van der Waals surface area contributed by atoms with Crippen LogP contribution >= 0.6 is 0 Å². The molecule has 0 aliphatic heterocycles. The second-order valence-corrected chi connectivity index (χ2v) is 7.26. The molecule has 0 atom stereocenters. The fourth-order valence-electron chi connectivity index (χ4n) is 2.31. The van der Waals surface area contributed by atoms with Crippen LogP contribution in [0.1, 0.15) is 10.4 Å². The SMILES string of the molecule is O=C(Nc1ccccc1)c1cccc(S(=O)(=O)Nc2ccc(F)cc2F)c1. The zero-order valence-corrected chi connectivity index (χ0v) is 14.6. The highest BCUT2D eigenvalue weighted by Gasteiger charge is 2.18. The van der Waals surface area contributed by atoms with Crippen molar-refractivity contribution in [3.8, 4) is 0 Å². The van der Waals surface area contributed by atoms with E-state index < -0.39 is 33.3 Å². The number of benzene rings is 3. The van der Waals surface area contributed by atoms with E-state index >= 15 is 0 Å². The van der Waals surface area contributed by atoms with Crippen LogP contribution in [0.3, 0.4) is 0 Å². The van der Waals surface area contributed by atoms with Gasteiger partial charge in [-0.15, -0.1) is 0 Å². The van der Waals surface area contributed by atoms with Gasteiger partial charge in [0.1, 0.15) is 11.6 Å². The quantitative estimate of drug-likeness (QED) is 0.693. The lowest BCUT2D eigenvalue weighted by Gasteiger charge is -2.10. The van der Waals surface area contributed by atoms with E-state index in [2.05, 4.69) is 5.32 Å². The smallest absolute Gasteiger partial charge is 0.262 e. The Kier molecular flexibility index (Phi) is 5.18. The van der Waals surface area contributed by atoms with E-state index in [4.69, 9.17) is 0 Å². The average molecular weight is 388 g/mol. The topological polar surface area (TPSA) is 75.3 Å². The van der Waals surface area contributed by atoms with Crippen molar-refractivity contribution in [3.05, 3.63) is 90.0 Å². The third-order valence-corrected chi connectivity index (χ3v) is 4.98. The number of carbonyl (C=O) groups is 1. The predicted molar refractivity (Wildman–Crippen MR) is 98.0 cm³/mol. The largest absolute Gasteiger partial charge is 0.322 e. The Morgan fingerprint density at radius 2 is 1.59 bits per heavy atom. The average Bonchev–Trinajstić information content (AvgIpc) is 2.65. The number of carbonyl (C=O) groups excluding carboxylic acids is 1. The maximum absolute atomic E-state index is 13.7. The summed E-state index contributed by atoms with van der Waals surface area (Å²) in [5, 5.41) is 2.65. The summed E-state index contributed by atoms with van der Waals surface area (Å²) in [6.45, 7) is 0. The molecule has 2 N–H and O–H groups in total. The first-order chi connectivity index (χ1) is 12.8. The summed E-state index contributed by atoms with van der Waals surface area (Å²) in [5.74, 6) is -2.36. The molecule has 3 rings (SSSR count). The maximum atomic E-state index is 13.7. The zero-order valence-electron chi connectivity index (χ0n) is 13.8.